The monoisotopic (exact) mass is 367 g/mol. The minimum Gasteiger partial charge on any atom is -0.386 e. The standard InChI is InChI=1S/C16H21N3O3S2/c1-11-3-6-15(23-11)24(21,22)18-7-2-8-19-13(10-18)9-14(17-19)16(20)12-4-5-12/h3,6,9,12,16,20H,2,4-5,7-8,10H2,1H3/t16-/m0/s1. The van der Waals surface area contributed by atoms with E-state index in [9.17, 15) is 13.5 Å². The van der Waals surface area contributed by atoms with Gasteiger partial charge in [0.1, 0.15) is 10.3 Å². The lowest BCUT2D eigenvalue weighted by Crippen LogP contribution is -2.30. The molecule has 2 aromatic rings. The van der Waals surface area contributed by atoms with E-state index in [1.165, 1.54) is 15.6 Å². The van der Waals surface area contributed by atoms with Gasteiger partial charge in [-0.1, -0.05) is 0 Å². The fourth-order valence-electron chi connectivity index (χ4n) is 3.14. The number of aliphatic hydroxyl groups is 1. The van der Waals surface area contributed by atoms with Gasteiger partial charge in [0.15, 0.2) is 0 Å². The predicted molar refractivity (Wildman–Crippen MR) is 91.2 cm³/mol. The van der Waals surface area contributed by atoms with Gasteiger partial charge in [-0.3, -0.25) is 4.68 Å². The average Bonchev–Trinajstić information content (AvgIpc) is 3.24. The van der Waals surface area contributed by atoms with Crippen LogP contribution in [0.3, 0.4) is 0 Å². The van der Waals surface area contributed by atoms with Gasteiger partial charge in [0, 0.05) is 18.0 Å². The largest absolute Gasteiger partial charge is 0.386 e. The van der Waals surface area contributed by atoms with Gasteiger partial charge < -0.3 is 5.11 Å². The number of aliphatic hydroxyl groups excluding tert-OH is 1. The Morgan fingerprint density at radius 2 is 2.12 bits per heavy atom. The molecule has 1 atom stereocenters. The van der Waals surface area contributed by atoms with Gasteiger partial charge in [-0.25, -0.2) is 8.42 Å². The van der Waals surface area contributed by atoms with Gasteiger partial charge in [0.25, 0.3) is 10.0 Å². The van der Waals surface area contributed by atoms with E-state index in [4.69, 9.17) is 0 Å². The first kappa shape index (κ1) is 16.3. The van der Waals surface area contributed by atoms with Crippen LogP contribution < -0.4 is 0 Å². The number of sulfonamides is 1. The highest BCUT2D eigenvalue weighted by molar-refractivity contribution is 7.91. The molecule has 2 aromatic heterocycles. The summed E-state index contributed by atoms with van der Waals surface area (Å²) in [6, 6.07) is 5.39. The van der Waals surface area contributed by atoms with Crippen molar-refractivity contribution in [2.45, 2.75) is 49.6 Å². The van der Waals surface area contributed by atoms with Gasteiger partial charge in [0.2, 0.25) is 0 Å². The van der Waals surface area contributed by atoms with Gasteiger partial charge in [-0.05, 0) is 50.3 Å². The molecule has 0 spiro atoms. The number of hydrogen-bond donors (Lipinski definition) is 1. The highest BCUT2D eigenvalue weighted by Gasteiger charge is 2.34. The van der Waals surface area contributed by atoms with Crippen molar-refractivity contribution >= 4 is 21.4 Å². The molecule has 1 fully saturated rings. The van der Waals surface area contributed by atoms with Crippen LogP contribution in [0.1, 0.15) is 41.6 Å². The van der Waals surface area contributed by atoms with Crippen LogP contribution >= 0.6 is 11.3 Å². The molecule has 0 amide bonds. The van der Waals surface area contributed by atoms with Crippen LogP contribution in [0.15, 0.2) is 22.4 Å². The summed E-state index contributed by atoms with van der Waals surface area (Å²) in [5, 5.41) is 14.8. The van der Waals surface area contributed by atoms with Crippen LogP contribution in [0.4, 0.5) is 0 Å². The second kappa shape index (κ2) is 5.94. The SMILES string of the molecule is Cc1ccc(S(=O)(=O)N2CCCn3nc([C@@H](O)C4CC4)cc3C2)s1. The molecule has 24 heavy (non-hydrogen) atoms. The molecule has 0 bridgehead atoms. The fourth-order valence-corrected chi connectivity index (χ4v) is 6.02. The highest BCUT2D eigenvalue weighted by atomic mass is 32.2. The maximum Gasteiger partial charge on any atom is 0.252 e. The number of nitrogens with zero attached hydrogens (tertiary/aromatic N) is 3. The molecule has 1 saturated carbocycles. The highest BCUT2D eigenvalue weighted by Crippen LogP contribution is 2.40. The summed E-state index contributed by atoms with van der Waals surface area (Å²) in [5.41, 5.74) is 1.54. The van der Waals surface area contributed by atoms with E-state index in [0.717, 1.165) is 29.8 Å². The van der Waals surface area contributed by atoms with E-state index < -0.39 is 16.1 Å². The van der Waals surface area contributed by atoms with Crippen molar-refractivity contribution in [2.75, 3.05) is 6.54 Å². The molecule has 0 radical (unpaired) electrons. The van der Waals surface area contributed by atoms with Crippen LogP contribution in [0, 0.1) is 12.8 Å². The van der Waals surface area contributed by atoms with Crippen molar-refractivity contribution in [3.8, 4) is 0 Å². The molecule has 1 aliphatic heterocycles. The molecule has 0 aromatic carbocycles. The first-order valence-electron chi connectivity index (χ1n) is 8.26. The summed E-state index contributed by atoms with van der Waals surface area (Å²) >= 11 is 1.31. The Kier molecular flexibility index (Phi) is 4.03. The molecule has 2 aliphatic rings. The van der Waals surface area contributed by atoms with Gasteiger partial charge >= 0.3 is 0 Å². The van der Waals surface area contributed by atoms with Crippen molar-refractivity contribution in [2.24, 2.45) is 5.92 Å². The zero-order chi connectivity index (χ0) is 16.9. The number of rotatable bonds is 4. The summed E-state index contributed by atoms with van der Waals surface area (Å²) in [6.45, 7) is 3.39. The molecule has 0 unspecified atom stereocenters. The summed E-state index contributed by atoms with van der Waals surface area (Å²) in [5.74, 6) is 0.318. The Morgan fingerprint density at radius 1 is 1.33 bits per heavy atom. The van der Waals surface area contributed by atoms with Crippen molar-refractivity contribution in [3.63, 3.8) is 0 Å². The molecule has 1 N–H and O–H groups in total. The Labute approximate surface area is 145 Å². The number of thiophene rings is 1. The van der Waals surface area contributed by atoms with Crippen LogP contribution in [-0.4, -0.2) is 34.2 Å². The third kappa shape index (κ3) is 2.92. The number of hydrogen-bond acceptors (Lipinski definition) is 5. The van der Waals surface area contributed by atoms with Gasteiger partial charge in [-0.2, -0.15) is 9.40 Å². The van der Waals surface area contributed by atoms with E-state index in [0.29, 0.717) is 35.5 Å². The molecule has 3 heterocycles. The first-order chi connectivity index (χ1) is 11.4. The van der Waals surface area contributed by atoms with Crippen molar-refractivity contribution in [1.29, 1.82) is 0 Å². The van der Waals surface area contributed by atoms with Gasteiger partial charge in [-0.15, -0.1) is 11.3 Å². The zero-order valence-electron chi connectivity index (χ0n) is 13.6. The van der Waals surface area contributed by atoms with Crippen molar-refractivity contribution in [3.05, 3.63) is 34.5 Å². The summed E-state index contributed by atoms with van der Waals surface area (Å²) in [7, 11) is -3.47. The predicted octanol–water partition coefficient (Wildman–Crippen LogP) is 2.29. The molecule has 1 aliphatic carbocycles. The molecule has 0 saturated heterocycles. The zero-order valence-corrected chi connectivity index (χ0v) is 15.2. The Hall–Kier alpha value is -1.22. The van der Waals surface area contributed by atoms with Crippen LogP contribution in [0.5, 0.6) is 0 Å². The second-order valence-electron chi connectivity index (χ2n) is 6.62. The molecular weight excluding hydrogens is 346 g/mol. The summed E-state index contributed by atoms with van der Waals surface area (Å²) in [4.78, 5) is 0.989. The summed E-state index contributed by atoms with van der Waals surface area (Å²) in [6.07, 6.45) is 2.29. The average molecular weight is 367 g/mol. The molecule has 4 rings (SSSR count). The van der Waals surface area contributed by atoms with E-state index in [1.54, 1.807) is 6.07 Å². The van der Waals surface area contributed by atoms with Crippen molar-refractivity contribution in [1.82, 2.24) is 14.1 Å². The maximum absolute atomic E-state index is 12.9. The maximum atomic E-state index is 12.9. The lowest BCUT2D eigenvalue weighted by molar-refractivity contribution is 0.148. The van der Waals surface area contributed by atoms with Crippen LogP contribution in [-0.2, 0) is 23.1 Å². The molecule has 130 valence electrons. The van der Waals surface area contributed by atoms with Crippen LogP contribution in [0.2, 0.25) is 0 Å². The Balaban J connectivity index is 1.61. The van der Waals surface area contributed by atoms with E-state index in [2.05, 4.69) is 5.10 Å². The fraction of sp³-hybridized carbons (Fsp3) is 0.562. The normalized spacial score (nSPS) is 20.6. The Bertz CT molecular complexity index is 852. The minimum absolute atomic E-state index is 0.309. The van der Waals surface area contributed by atoms with E-state index in [1.807, 2.05) is 23.7 Å². The van der Waals surface area contributed by atoms with Crippen molar-refractivity contribution < 1.29 is 13.5 Å². The van der Waals surface area contributed by atoms with Crippen LogP contribution in [0.25, 0.3) is 0 Å². The molecule has 6 nitrogen and oxygen atoms in total. The topological polar surface area (TPSA) is 75.4 Å². The number of aryl methyl sites for hydroxylation is 2. The number of aromatic nitrogens is 2. The number of fused-ring (bicyclic) bond motifs is 1. The summed E-state index contributed by atoms with van der Waals surface area (Å²) < 4.78 is 29.5. The smallest absolute Gasteiger partial charge is 0.252 e. The van der Waals surface area contributed by atoms with E-state index in [-0.39, 0.29) is 0 Å². The molecule has 8 heteroatoms. The van der Waals surface area contributed by atoms with Gasteiger partial charge in [0.05, 0.1) is 17.9 Å². The molecular formula is C16H21N3O3S2. The Morgan fingerprint density at radius 3 is 2.79 bits per heavy atom. The minimum atomic E-state index is -3.47. The lowest BCUT2D eigenvalue weighted by Gasteiger charge is -2.18. The second-order valence-corrected chi connectivity index (χ2v) is 10.1. The van der Waals surface area contributed by atoms with E-state index >= 15 is 0 Å². The third-order valence-corrected chi connectivity index (χ3v) is 7.99. The third-order valence-electron chi connectivity index (χ3n) is 4.68. The first-order valence-corrected chi connectivity index (χ1v) is 10.5. The lowest BCUT2D eigenvalue weighted by atomic mass is 10.1. The quantitative estimate of drug-likeness (QED) is 0.900.